The van der Waals surface area contributed by atoms with Gasteiger partial charge >= 0.3 is 0 Å². The molecule has 0 radical (unpaired) electrons. The Labute approximate surface area is 36.8 Å². The van der Waals surface area contributed by atoms with Crippen LogP contribution in [0.5, 0.6) is 0 Å². The molecule has 1 aliphatic rings. The van der Waals surface area contributed by atoms with Crippen LogP contribution in [0.3, 0.4) is 0 Å². The van der Waals surface area contributed by atoms with Crippen molar-refractivity contribution in [3.8, 4) is 0 Å². The zero-order valence-corrected chi connectivity index (χ0v) is 3.55. The van der Waals surface area contributed by atoms with E-state index in [2.05, 4.69) is 0 Å². The molecule has 0 atom stereocenters. The van der Waals surface area contributed by atoms with E-state index in [0.29, 0.717) is 0 Å². The molecule has 6 heavy (non-hydrogen) atoms. The first-order chi connectivity index (χ1) is 2.91. The highest BCUT2D eigenvalue weighted by Crippen LogP contribution is 2.14. The van der Waals surface area contributed by atoms with Crippen LogP contribution in [0.2, 0.25) is 0 Å². The molecule has 0 aromatic carbocycles. The van der Waals surface area contributed by atoms with Gasteiger partial charge in [0.05, 0.1) is 0 Å². The summed E-state index contributed by atoms with van der Waals surface area (Å²) in [5.74, 6) is 0. The van der Waals surface area contributed by atoms with Gasteiger partial charge in [-0.1, -0.05) is 19.3 Å². The normalized spacial score (nSPS) is 14.0. The maximum absolute atomic E-state index is 8.36. The van der Waals surface area contributed by atoms with E-state index in [-0.39, 0.29) is 6.47 Å². The fraction of sp³-hybridized carbons (Fsp3) is 0.750. The maximum Gasteiger partial charge on any atom is 0.290 e. The van der Waals surface area contributed by atoms with Crippen molar-refractivity contribution in [2.75, 3.05) is 0 Å². The molecule has 1 saturated carbocycles. The summed E-state index contributed by atoms with van der Waals surface area (Å²) in [7, 11) is 0. The van der Waals surface area contributed by atoms with E-state index >= 15 is 0 Å². The summed E-state index contributed by atoms with van der Waals surface area (Å²) in [4.78, 5) is 8.36. The molecule has 0 amide bonds. The third-order valence-corrected chi connectivity index (χ3v) is 0.354. The van der Waals surface area contributed by atoms with E-state index in [1.54, 1.807) is 0 Å². The van der Waals surface area contributed by atoms with Crippen molar-refractivity contribution in [2.24, 2.45) is 0 Å². The highest BCUT2D eigenvalue weighted by Gasteiger charge is 1.95. The van der Waals surface area contributed by atoms with Crippen LogP contribution in [0.15, 0.2) is 0 Å². The first kappa shape index (κ1) is 5.47. The van der Waals surface area contributed by atoms with Gasteiger partial charge in [0.15, 0.2) is 0 Å². The highest BCUT2D eigenvalue weighted by molar-refractivity contribution is 5.32. The van der Waals surface area contributed by atoms with Crippen molar-refractivity contribution in [1.82, 2.24) is 0 Å². The molecule has 1 rings (SSSR count). The van der Waals surface area contributed by atoms with Gasteiger partial charge in [0, 0.05) is 0 Å². The lowest BCUT2D eigenvalue weighted by Gasteiger charge is -1.34. The van der Waals surface area contributed by atoms with Crippen LogP contribution < -0.4 is 0 Å². The molecule has 0 saturated heterocycles. The van der Waals surface area contributed by atoms with Crippen LogP contribution in [-0.4, -0.2) is 11.6 Å². The monoisotopic (exact) mass is 88.1 g/mol. The van der Waals surface area contributed by atoms with Gasteiger partial charge in [0.1, 0.15) is 0 Å². The number of hydrogen-bond acceptors (Lipinski definition) is 1. The molecule has 0 heterocycles. The Hall–Kier alpha value is -0.530. The van der Waals surface area contributed by atoms with Crippen molar-refractivity contribution >= 4 is 6.47 Å². The van der Waals surface area contributed by atoms with Gasteiger partial charge in [0.2, 0.25) is 0 Å². The number of carboxylic acid groups (broad SMARTS) is 1. The van der Waals surface area contributed by atoms with Crippen molar-refractivity contribution in [1.29, 1.82) is 0 Å². The fourth-order valence-corrected chi connectivity index (χ4v) is 0. The fourth-order valence-electron chi connectivity index (χ4n) is 0. The molecule has 1 aliphatic carbocycles. The van der Waals surface area contributed by atoms with E-state index in [1.807, 2.05) is 0 Å². The van der Waals surface area contributed by atoms with Gasteiger partial charge in [-0.15, -0.1) is 0 Å². The summed E-state index contributed by atoms with van der Waals surface area (Å²) < 4.78 is 0. The Morgan fingerprint density at radius 1 is 1.33 bits per heavy atom. The van der Waals surface area contributed by atoms with Gasteiger partial charge in [-0.05, 0) is 0 Å². The molecule has 2 nitrogen and oxygen atoms in total. The highest BCUT2D eigenvalue weighted by atomic mass is 16.3. The molecular weight excluding hydrogens is 80.0 g/mol. The molecule has 0 unspecified atom stereocenters. The Bertz CT molecular complexity index is 29.8. The number of hydrogen-bond donors (Lipinski definition) is 1. The SMILES string of the molecule is C1CC1.O=CO. The molecular formula is C4H8O2. The van der Waals surface area contributed by atoms with Gasteiger partial charge in [-0.3, -0.25) is 4.79 Å². The molecule has 36 valence electrons. The van der Waals surface area contributed by atoms with E-state index in [9.17, 15) is 0 Å². The van der Waals surface area contributed by atoms with Gasteiger partial charge in [-0.2, -0.15) is 0 Å². The second-order valence-electron chi connectivity index (χ2n) is 1.17. The molecule has 0 aliphatic heterocycles. The predicted octanol–water partition coefficient (Wildman–Crippen LogP) is 0.871. The quantitative estimate of drug-likeness (QED) is 0.446. The first-order valence-electron chi connectivity index (χ1n) is 1.99. The predicted molar refractivity (Wildman–Crippen MR) is 22.5 cm³/mol. The van der Waals surface area contributed by atoms with Crippen LogP contribution >= 0.6 is 0 Å². The zero-order valence-electron chi connectivity index (χ0n) is 3.55. The molecule has 2 heteroatoms. The minimum Gasteiger partial charge on any atom is -0.483 e. The Morgan fingerprint density at radius 3 is 1.50 bits per heavy atom. The smallest absolute Gasteiger partial charge is 0.290 e. The number of rotatable bonds is 0. The molecule has 0 aromatic heterocycles. The summed E-state index contributed by atoms with van der Waals surface area (Å²) in [5.41, 5.74) is 0. The van der Waals surface area contributed by atoms with Crippen LogP contribution in [0, 0.1) is 0 Å². The van der Waals surface area contributed by atoms with Gasteiger partial charge in [-0.25, -0.2) is 0 Å². The lowest BCUT2D eigenvalue weighted by Crippen LogP contribution is -1.49. The Kier molecular flexibility index (Phi) is 4.08. The largest absolute Gasteiger partial charge is 0.483 e. The summed E-state index contributed by atoms with van der Waals surface area (Å²) in [6, 6.07) is 0. The molecule has 0 aromatic rings. The topological polar surface area (TPSA) is 37.3 Å². The summed E-state index contributed by atoms with van der Waals surface area (Å²) >= 11 is 0. The van der Waals surface area contributed by atoms with E-state index < -0.39 is 0 Å². The lowest BCUT2D eigenvalue weighted by molar-refractivity contribution is -0.122. The average Bonchev–Trinajstić information content (AvgIpc) is 2.11. The van der Waals surface area contributed by atoms with Gasteiger partial charge < -0.3 is 5.11 Å². The Balaban J connectivity index is 0.0000000833. The standard InChI is InChI=1S/C3H6.CH2O2/c1-2-3-1;2-1-3/h1-3H2;1H,(H,2,3). The maximum atomic E-state index is 8.36. The Morgan fingerprint density at radius 2 is 1.50 bits per heavy atom. The molecule has 0 spiro atoms. The van der Waals surface area contributed by atoms with E-state index in [1.165, 1.54) is 19.3 Å². The van der Waals surface area contributed by atoms with Crippen molar-refractivity contribution in [3.05, 3.63) is 0 Å². The minimum absolute atomic E-state index is 0.250. The third kappa shape index (κ3) is 95.8. The lowest BCUT2D eigenvalue weighted by atomic mass is 11.0. The average molecular weight is 88.1 g/mol. The van der Waals surface area contributed by atoms with Gasteiger partial charge in [0.25, 0.3) is 6.47 Å². The van der Waals surface area contributed by atoms with Crippen LogP contribution in [0.4, 0.5) is 0 Å². The zero-order chi connectivity index (χ0) is 4.83. The second-order valence-corrected chi connectivity index (χ2v) is 1.17. The summed E-state index contributed by atoms with van der Waals surface area (Å²) in [5, 5.41) is 6.89. The minimum atomic E-state index is -0.250. The molecule has 1 N–H and O–H groups in total. The summed E-state index contributed by atoms with van der Waals surface area (Å²) in [6.45, 7) is -0.250. The number of carbonyl (C=O) groups is 1. The third-order valence-electron chi connectivity index (χ3n) is 0.354. The van der Waals surface area contributed by atoms with Crippen molar-refractivity contribution < 1.29 is 9.90 Å². The van der Waals surface area contributed by atoms with Crippen LogP contribution in [0.25, 0.3) is 0 Å². The van der Waals surface area contributed by atoms with E-state index in [4.69, 9.17) is 9.90 Å². The molecule has 1 fully saturated rings. The second kappa shape index (κ2) is 4.47. The van der Waals surface area contributed by atoms with Crippen molar-refractivity contribution in [2.45, 2.75) is 19.3 Å². The summed E-state index contributed by atoms with van der Waals surface area (Å²) in [6.07, 6.45) is 4.50. The van der Waals surface area contributed by atoms with Crippen LogP contribution in [0.1, 0.15) is 19.3 Å². The molecule has 0 bridgehead atoms. The van der Waals surface area contributed by atoms with E-state index in [0.717, 1.165) is 0 Å². The van der Waals surface area contributed by atoms with Crippen molar-refractivity contribution in [3.63, 3.8) is 0 Å². The first-order valence-corrected chi connectivity index (χ1v) is 1.99. The van der Waals surface area contributed by atoms with Crippen LogP contribution in [-0.2, 0) is 4.79 Å².